The largest absolute Gasteiger partial charge is 0.456 e. The van der Waals surface area contributed by atoms with Crippen molar-refractivity contribution < 1.29 is 4.42 Å². The normalized spacial score (nSPS) is 11.5. The van der Waals surface area contributed by atoms with Crippen LogP contribution in [0.3, 0.4) is 0 Å². The van der Waals surface area contributed by atoms with Crippen molar-refractivity contribution in [3.8, 4) is 50.2 Å². The second kappa shape index (κ2) is 15.3. The fourth-order valence-electron chi connectivity index (χ4n) is 9.37. The van der Waals surface area contributed by atoms with Crippen LogP contribution in [0, 0.1) is 0 Å². The molecule has 0 aliphatic rings. The lowest BCUT2D eigenvalue weighted by atomic mass is 9.98. The number of hydrogen-bond acceptors (Lipinski definition) is 2. The van der Waals surface area contributed by atoms with Gasteiger partial charge in [-0.1, -0.05) is 170 Å². The molecule has 0 N–H and O–H groups in total. The maximum absolute atomic E-state index is 6.22. The van der Waals surface area contributed by atoms with Gasteiger partial charge in [0.05, 0.1) is 16.7 Å². The molecule has 0 atom stereocenters. The molecule has 0 unspecified atom stereocenters. The average Bonchev–Trinajstić information content (AvgIpc) is 3.90. The van der Waals surface area contributed by atoms with E-state index in [2.05, 4.69) is 240 Å². The zero-order valence-electron chi connectivity index (χ0n) is 34.4. The molecule has 0 aliphatic carbocycles. The van der Waals surface area contributed by atoms with E-state index in [0.29, 0.717) is 0 Å². The summed E-state index contributed by atoms with van der Waals surface area (Å²) in [4.78, 5) is 2.39. The number of rotatable bonds is 8. The number of nitrogens with zero attached hydrogens (tertiary/aromatic N) is 2. The van der Waals surface area contributed by atoms with Crippen molar-refractivity contribution in [3.63, 3.8) is 0 Å². The Labute approximate surface area is 366 Å². The predicted octanol–water partition coefficient (Wildman–Crippen LogP) is 16.8. The molecule has 3 heteroatoms. The zero-order chi connectivity index (χ0) is 41.7. The highest BCUT2D eigenvalue weighted by Crippen LogP contribution is 2.43. The van der Waals surface area contributed by atoms with E-state index in [-0.39, 0.29) is 0 Å². The van der Waals surface area contributed by atoms with E-state index in [1.807, 2.05) is 12.1 Å². The molecule has 0 saturated heterocycles. The summed E-state index contributed by atoms with van der Waals surface area (Å²) in [6, 6.07) is 87.2. The third-order valence-electron chi connectivity index (χ3n) is 12.4. The van der Waals surface area contributed by atoms with Gasteiger partial charge in [0.1, 0.15) is 11.2 Å². The molecule has 296 valence electrons. The first kappa shape index (κ1) is 36.5. The van der Waals surface area contributed by atoms with Gasteiger partial charge in [-0.3, -0.25) is 0 Å². The van der Waals surface area contributed by atoms with Crippen LogP contribution < -0.4 is 4.90 Å². The molecule has 0 saturated carbocycles. The van der Waals surface area contributed by atoms with Crippen molar-refractivity contribution in [2.75, 3.05) is 4.90 Å². The van der Waals surface area contributed by atoms with Crippen LogP contribution in [-0.2, 0) is 0 Å². The van der Waals surface area contributed by atoms with E-state index >= 15 is 0 Å². The Bertz CT molecular complexity index is 3560. The maximum atomic E-state index is 6.22. The molecule has 12 aromatic rings. The number of fused-ring (bicyclic) bond motifs is 6. The molecule has 0 bridgehead atoms. The smallest absolute Gasteiger partial charge is 0.136 e. The summed E-state index contributed by atoms with van der Waals surface area (Å²) < 4.78 is 8.60. The Kier molecular flexibility index (Phi) is 8.83. The Balaban J connectivity index is 0.915. The minimum Gasteiger partial charge on any atom is -0.456 e. The quantitative estimate of drug-likeness (QED) is 0.153. The van der Waals surface area contributed by atoms with E-state index in [0.717, 1.165) is 78.1 Å². The van der Waals surface area contributed by atoms with E-state index < -0.39 is 0 Å². The van der Waals surface area contributed by atoms with Crippen LogP contribution in [0.15, 0.2) is 247 Å². The zero-order valence-corrected chi connectivity index (χ0v) is 34.4. The van der Waals surface area contributed by atoms with Crippen molar-refractivity contribution in [2.24, 2.45) is 0 Å². The minimum atomic E-state index is 0.905. The molecule has 2 aromatic heterocycles. The van der Waals surface area contributed by atoms with E-state index in [1.165, 1.54) is 32.9 Å². The van der Waals surface area contributed by atoms with E-state index in [1.54, 1.807) is 0 Å². The first-order valence-electron chi connectivity index (χ1n) is 21.5. The monoisotopic (exact) mass is 804 g/mol. The standard InChI is InChI=1S/C60H40N2O/c1-2-14-44(15-3-1)51-20-4-8-24-56(51)61(48-35-32-43(33-36-48)46-17-13-19-50(39-46)62-57-25-9-5-21-52(57)53-22-6-10-26-58(53)62)49-18-12-16-45(38-49)41-28-30-42(31-29-41)47-34-37-55-54-23-7-11-27-59(54)63-60(55)40-47/h1-40H. The van der Waals surface area contributed by atoms with Gasteiger partial charge in [0.2, 0.25) is 0 Å². The van der Waals surface area contributed by atoms with Gasteiger partial charge in [-0.25, -0.2) is 0 Å². The Hall–Kier alpha value is -8.40. The first-order chi connectivity index (χ1) is 31.2. The number of hydrogen-bond donors (Lipinski definition) is 0. The average molecular weight is 805 g/mol. The lowest BCUT2D eigenvalue weighted by Gasteiger charge is -2.28. The SMILES string of the molecule is c1ccc(-c2ccccc2N(c2ccc(-c3cccc(-n4c5ccccc5c5ccccc54)c3)cc2)c2cccc(-c3ccc(-c4ccc5c(c4)oc4ccccc45)cc3)c2)cc1. The minimum absolute atomic E-state index is 0.905. The molecule has 0 spiro atoms. The highest BCUT2D eigenvalue weighted by molar-refractivity contribution is 6.09. The number of para-hydroxylation sites is 4. The highest BCUT2D eigenvalue weighted by Gasteiger charge is 2.19. The van der Waals surface area contributed by atoms with Gasteiger partial charge >= 0.3 is 0 Å². The highest BCUT2D eigenvalue weighted by atomic mass is 16.3. The molecule has 3 nitrogen and oxygen atoms in total. The Morgan fingerprint density at radius 1 is 0.302 bits per heavy atom. The van der Waals surface area contributed by atoms with Gasteiger partial charge in [0.15, 0.2) is 0 Å². The van der Waals surface area contributed by atoms with Gasteiger partial charge in [-0.15, -0.1) is 0 Å². The van der Waals surface area contributed by atoms with Crippen LogP contribution in [-0.4, -0.2) is 4.57 Å². The summed E-state index contributed by atoms with van der Waals surface area (Å²) in [6.07, 6.45) is 0. The molecule has 0 fully saturated rings. The summed E-state index contributed by atoms with van der Waals surface area (Å²) in [7, 11) is 0. The van der Waals surface area contributed by atoms with Gasteiger partial charge in [-0.2, -0.15) is 0 Å². The second-order valence-corrected chi connectivity index (χ2v) is 16.1. The van der Waals surface area contributed by atoms with Crippen molar-refractivity contribution in [2.45, 2.75) is 0 Å². The summed E-state index contributed by atoms with van der Waals surface area (Å²) >= 11 is 0. The molecule has 10 aromatic carbocycles. The van der Waals surface area contributed by atoms with Crippen molar-refractivity contribution in [1.82, 2.24) is 4.57 Å². The van der Waals surface area contributed by atoms with Gasteiger partial charge in [0, 0.05) is 44.2 Å². The number of anilines is 3. The number of furan rings is 1. The first-order valence-corrected chi connectivity index (χ1v) is 21.5. The van der Waals surface area contributed by atoms with Gasteiger partial charge < -0.3 is 13.9 Å². The van der Waals surface area contributed by atoms with Crippen LogP contribution in [0.2, 0.25) is 0 Å². The summed E-state index contributed by atoms with van der Waals surface area (Å²) in [6.45, 7) is 0. The molecule has 0 radical (unpaired) electrons. The Morgan fingerprint density at radius 3 is 1.56 bits per heavy atom. The fourth-order valence-corrected chi connectivity index (χ4v) is 9.37. The van der Waals surface area contributed by atoms with Crippen molar-refractivity contribution in [1.29, 1.82) is 0 Å². The van der Waals surface area contributed by atoms with Crippen LogP contribution in [0.1, 0.15) is 0 Å². The number of aromatic nitrogens is 1. The van der Waals surface area contributed by atoms with Crippen molar-refractivity contribution in [3.05, 3.63) is 243 Å². The third-order valence-corrected chi connectivity index (χ3v) is 12.4. The molecule has 0 amide bonds. The molecule has 63 heavy (non-hydrogen) atoms. The molecule has 0 aliphatic heterocycles. The van der Waals surface area contributed by atoms with E-state index in [4.69, 9.17) is 4.42 Å². The molecular weight excluding hydrogens is 765 g/mol. The van der Waals surface area contributed by atoms with E-state index in [9.17, 15) is 0 Å². The number of benzene rings is 10. The van der Waals surface area contributed by atoms with Crippen LogP contribution in [0.5, 0.6) is 0 Å². The van der Waals surface area contributed by atoms with Crippen LogP contribution >= 0.6 is 0 Å². The molecule has 12 rings (SSSR count). The van der Waals surface area contributed by atoms with Crippen LogP contribution in [0.4, 0.5) is 17.1 Å². The third kappa shape index (κ3) is 6.46. The second-order valence-electron chi connectivity index (χ2n) is 16.1. The topological polar surface area (TPSA) is 21.3 Å². The predicted molar refractivity (Wildman–Crippen MR) is 264 cm³/mol. The maximum Gasteiger partial charge on any atom is 0.136 e. The van der Waals surface area contributed by atoms with Gasteiger partial charge in [0.25, 0.3) is 0 Å². The van der Waals surface area contributed by atoms with Gasteiger partial charge in [-0.05, 0) is 112 Å². The lowest BCUT2D eigenvalue weighted by Crippen LogP contribution is -2.11. The molecular formula is C60H40N2O. The summed E-state index contributed by atoms with van der Waals surface area (Å²) in [5.41, 5.74) is 17.9. The lowest BCUT2D eigenvalue weighted by molar-refractivity contribution is 0.669. The molecule has 2 heterocycles. The van der Waals surface area contributed by atoms with Crippen LogP contribution in [0.25, 0.3) is 93.9 Å². The fraction of sp³-hybridized carbons (Fsp3) is 0. The van der Waals surface area contributed by atoms with Crippen molar-refractivity contribution >= 4 is 60.8 Å². The Morgan fingerprint density at radius 2 is 0.825 bits per heavy atom. The summed E-state index contributed by atoms with van der Waals surface area (Å²) in [5, 5.41) is 4.81. The summed E-state index contributed by atoms with van der Waals surface area (Å²) in [5.74, 6) is 0.